The zero-order chi connectivity index (χ0) is 9.26. The minimum absolute atomic E-state index is 0.743. The summed E-state index contributed by atoms with van der Waals surface area (Å²) in [6.45, 7) is 0. The van der Waals surface area contributed by atoms with Gasteiger partial charge in [0.05, 0.1) is 14.2 Å². The van der Waals surface area contributed by atoms with Crippen LogP contribution in [0, 0.1) is 0 Å². The molecule has 2 rings (SSSR count). The molecule has 0 bridgehead atoms. The zero-order valence-corrected chi connectivity index (χ0v) is 7.63. The van der Waals surface area contributed by atoms with Crippen molar-refractivity contribution in [2.75, 3.05) is 14.2 Å². The number of fused-ring (bicyclic) bond motifs is 1. The van der Waals surface area contributed by atoms with Crippen LogP contribution in [0.15, 0.2) is 24.3 Å². The van der Waals surface area contributed by atoms with Crippen LogP contribution in [0.5, 0.6) is 11.8 Å². The average Bonchev–Trinajstić information content (AvgIpc) is 2.56. The Morgan fingerprint density at radius 3 is 1.77 bits per heavy atom. The van der Waals surface area contributed by atoms with Crippen LogP contribution < -0.4 is 9.47 Å². The maximum atomic E-state index is 5.17. The predicted octanol–water partition coefficient (Wildman–Crippen LogP) is 2.19. The van der Waals surface area contributed by atoms with Crippen LogP contribution >= 0.6 is 0 Å². The molecule has 1 aromatic carbocycles. The van der Waals surface area contributed by atoms with Crippen molar-refractivity contribution in [3.8, 4) is 11.8 Å². The molecule has 0 spiro atoms. The van der Waals surface area contributed by atoms with Crippen molar-refractivity contribution in [1.29, 1.82) is 0 Å². The monoisotopic (exact) mass is 177 g/mol. The van der Waals surface area contributed by atoms with Gasteiger partial charge in [-0.25, -0.2) is 0 Å². The molecule has 1 N–H and O–H groups in total. The zero-order valence-electron chi connectivity index (χ0n) is 7.63. The van der Waals surface area contributed by atoms with E-state index in [1.165, 1.54) is 0 Å². The Morgan fingerprint density at radius 2 is 1.38 bits per heavy atom. The van der Waals surface area contributed by atoms with Gasteiger partial charge in [-0.15, -0.1) is 0 Å². The summed E-state index contributed by atoms with van der Waals surface area (Å²) in [7, 11) is 3.27. The van der Waals surface area contributed by atoms with Crippen LogP contribution in [0.3, 0.4) is 0 Å². The van der Waals surface area contributed by atoms with Crippen molar-refractivity contribution in [1.82, 2.24) is 4.98 Å². The van der Waals surface area contributed by atoms with Gasteiger partial charge in [0.2, 0.25) is 11.8 Å². The number of benzene rings is 1. The van der Waals surface area contributed by atoms with Gasteiger partial charge < -0.3 is 9.47 Å². The topological polar surface area (TPSA) is 34.2 Å². The van der Waals surface area contributed by atoms with Gasteiger partial charge >= 0.3 is 0 Å². The van der Waals surface area contributed by atoms with Crippen LogP contribution in [0.4, 0.5) is 0 Å². The highest BCUT2D eigenvalue weighted by molar-refractivity contribution is 5.92. The lowest BCUT2D eigenvalue weighted by molar-refractivity contribution is 0.377. The Bertz CT molecular complexity index is 382. The van der Waals surface area contributed by atoms with Crippen molar-refractivity contribution in [3.63, 3.8) is 0 Å². The van der Waals surface area contributed by atoms with E-state index >= 15 is 0 Å². The molecule has 2 aromatic rings. The molecule has 0 aliphatic heterocycles. The molecule has 0 radical (unpaired) electrons. The molecule has 0 aliphatic rings. The van der Waals surface area contributed by atoms with E-state index in [0.717, 1.165) is 22.5 Å². The van der Waals surface area contributed by atoms with E-state index in [4.69, 9.17) is 9.47 Å². The van der Waals surface area contributed by atoms with E-state index in [2.05, 4.69) is 4.98 Å². The molecule has 0 aliphatic carbocycles. The Morgan fingerprint density at radius 1 is 0.923 bits per heavy atom. The summed E-state index contributed by atoms with van der Waals surface area (Å²) in [5.41, 5.74) is 0. The molecule has 0 saturated heterocycles. The Hall–Kier alpha value is -1.64. The van der Waals surface area contributed by atoms with Gasteiger partial charge in [-0.2, -0.15) is 0 Å². The summed E-state index contributed by atoms with van der Waals surface area (Å²) in [5, 5.41) is 2.09. The Labute approximate surface area is 76.3 Å². The fourth-order valence-corrected chi connectivity index (χ4v) is 1.44. The average molecular weight is 177 g/mol. The second-order valence-electron chi connectivity index (χ2n) is 2.74. The Kier molecular flexibility index (Phi) is 1.85. The SMILES string of the molecule is COc1[nH]c(OC)c2ccccc12. The van der Waals surface area contributed by atoms with E-state index in [1.807, 2.05) is 24.3 Å². The van der Waals surface area contributed by atoms with Crippen molar-refractivity contribution in [3.05, 3.63) is 24.3 Å². The standard InChI is InChI=1S/C10H11NO2/c1-12-9-7-5-3-4-6-8(7)10(11-9)13-2/h3-6,11H,1-2H3. The number of hydrogen-bond acceptors (Lipinski definition) is 2. The largest absolute Gasteiger partial charge is 0.482 e. The number of rotatable bonds is 2. The lowest BCUT2D eigenvalue weighted by Gasteiger charge is -1.93. The van der Waals surface area contributed by atoms with Crippen LogP contribution in [-0.4, -0.2) is 19.2 Å². The number of methoxy groups -OCH3 is 2. The number of H-pyrrole nitrogens is 1. The Balaban J connectivity index is 2.74. The molecule has 0 fully saturated rings. The number of aromatic amines is 1. The molecule has 3 heteroatoms. The molecule has 0 unspecified atom stereocenters. The third-order valence-corrected chi connectivity index (χ3v) is 2.05. The lowest BCUT2D eigenvalue weighted by atomic mass is 10.2. The molecule has 0 atom stereocenters. The van der Waals surface area contributed by atoms with Crippen molar-refractivity contribution < 1.29 is 9.47 Å². The molecule has 0 saturated carbocycles. The van der Waals surface area contributed by atoms with Crippen molar-refractivity contribution >= 4 is 10.8 Å². The van der Waals surface area contributed by atoms with E-state index in [9.17, 15) is 0 Å². The van der Waals surface area contributed by atoms with E-state index in [0.29, 0.717) is 0 Å². The van der Waals surface area contributed by atoms with Gasteiger partial charge in [-0.05, 0) is 12.1 Å². The first-order valence-electron chi connectivity index (χ1n) is 4.05. The second-order valence-corrected chi connectivity index (χ2v) is 2.74. The van der Waals surface area contributed by atoms with Crippen LogP contribution in [-0.2, 0) is 0 Å². The van der Waals surface area contributed by atoms with Crippen molar-refractivity contribution in [2.45, 2.75) is 0 Å². The first kappa shape index (κ1) is 7.98. The fourth-order valence-electron chi connectivity index (χ4n) is 1.44. The van der Waals surface area contributed by atoms with Gasteiger partial charge in [0.15, 0.2) is 0 Å². The van der Waals surface area contributed by atoms with Crippen LogP contribution in [0.2, 0.25) is 0 Å². The van der Waals surface area contributed by atoms with Gasteiger partial charge in [0.1, 0.15) is 0 Å². The highest BCUT2D eigenvalue weighted by Crippen LogP contribution is 2.32. The molecule has 68 valence electrons. The van der Waals surface area contributed by atoms with Gasteiger partial charge in [0.25, 0.3) is 0 Å². The fraction of sp³-hybridized carbons (Fsp3) is 0.200. The molecule has 13 heavy (non-hydrogen) atoms. The summed E-state index contributed by atoms with van der Waals surface area (Å²) in [4.78, 5) is 3.04. The number of ether oxygens (including phenoxy) is 2. The maximum Gasteiger partial charge on any atom is 0.201 e. The van der Waals surface area contributed by atoms with Crippen LogP contribution in [0.25, 0.3) is 10.8 Å². The molecular formula is C10H11NO2. The maximum absolute atomic E-state index is 5.17. The van der Waals surface area contributed by atoms with E-state index in [-0.39, 0.29) is 0 Å². The van der Waals surface area contributed by atoms with E-state index in [1.54, 1.807) is 14.2 Å². The molecule has 1 aromatic heterocycles. The summed E-state index contributed by atoms with van der Waals surface area (Å²) >= 11 is 0. The normalized spacial score (nSPS) is 10.3. The van der Waals surface area contributed by atoms with Crippen molar-refractivity contribution in [2.24, 2.45) is 0 Å². The smallest absolute Gasteiger partial charge is 0.201 e. The molecule has 1 heterocycles. The third kappa shape index (κ3) is 1.13. The number of nitrogens with one attached hydrogen (secondary N) is 1. The van der Waals surface area contributed by atoms with E-state index < -0.39 is 0 Å². The van der Waals surface area contributed by atoms with Gasteiger partial charge in [-0.3, -0.25) is 4.98 Å². The summed E-state index contributed by atoms with van der Waals surface area (Å²) < 4.78 is 10.3. The molecular weight excluding hydrogens is 166 g/mol. The quantitative estimate of drug-likeness (QED) is 0.762. The predicted molar refractivity (Wildman–Crippen MR) is 51.4 cm³/mol. The van der Waals surface area contributed by atoms with Gasteiger partial charge in [-0.1, -0.05) is 12.1 Å². The summed E-state index contributed by atoms with van der Waals surface area (Å²) in [6.07, 6.45) is 0. The minimum atomic E-state index is 0.743. The highest BCUT2D eigenvalue weighted by atomic mass is 16.5. The number of hydrogen-bond donors (Lipinski definition) is 1. The van der Waals surface area contributed by atoms with Crippen LogP contribution in [0.1, 0.15) is 0 Å². The second kappa shape index (κ2) is 3.01. The summed E-state index contributed by atoms with van der Waals surface area (Å²) in [6, 6.07) is 7.93. The molecule has 3 nitrogen and oxygen atoms in total. The first-order chi connectivity index (χ1) is 6.36. The number of aromatic nitrogens is 1. The first-order valence-corrected chi connectivity index (χ1v) is 4.05. The minimum Gasteiger partial charge on any atom is -0.482 e. The van der Waals surface area contributed by atoms with Gasteiger partial charge in [0, 0.05) is 10.8 Å². The molecule has 0 amide bonds. The third-order valence-electron chi connectivity index (χ3n) is 2.05. The summed E-state index contributed by atoms with van der Waals surface area (Å²) in [5.74, 6) is 1.49. The highest BCUT2D eigenvalue weighted by Gasteiger charge is 2.09. The lowest BCUT2D eigenvalue weighted by Crippen LogP contribution is -1.84.